The van der Waals surface area contributed by atoms with Crippen LogP contribution in [0.25, 0.3) is 15.9 Å². The van der Waals surface area contributed by atoms with Crippen LogP contribution in [0.3, 0.4) is 0 Å². The zero-order chi connectivity index (χ0) is 19.3. The van der Waals surface area contributed by atoms with Crippen molar-refractivity contribution < 1.29 is 4.79 Å². The Morgan fingerprint density at radius 3 is 2.93 bits per heavy atom. The molecule has 0 radical (unpaired) electrons. The fraction of sp³-hybridized carbons (Fsp3) is 0.300. The highest BCUT2D eigenvalue weighted by molar-refractivity contribution is 7.19. The number of hydrogen-bond acceptors (Lipinski definition) is 5. The SMILES string of the molecule is Cc1ccccc1NC(=O)Cn1nc2c3c4c(sc3ncn2c1=O)CCCC4. The molecule has 8 heteroatoms. The van der Waals surface area contributed by atoms with Crippen molar-refractivity contribution in [2.24, 2.45) is 0 Å². The third-order valence-electron chi connectivity index (χ3n) is 5.25. The number of hydrogen-bond donors (Lipinski definition) is 1. The first-order chi connectivity index (χ1) is 13.6. The number of benzene rings is 1. The van der Waals surface area contributed by atoms with E-state index in [1.165, 1.54) is 32.3 Å². The van der Waals surface area contributed by atoms with Gasteiger partial charge in [-0.05, 0) is 49.8 Å². The number of rotatable bonds is 3. The predicted molar refractivity (Wildman–Crippen MR) is 109 cm³/mol. The van der Waals surface area contributed by atoms with Gasteiger partial charge in [-0.1, -0.05) is 18.2 Å². The minimum Gasteiger partial charge on any atom is -0.324 e. The molecule has 1 aromatic carbocycles. The number of carbonyl (C=O) groups excluding carboxylic acids is 1. The van der Waals surface area contributed by atoms with Gasteiger partial charge in [-0.15, -0.1) is 16.4 Å². The van der Waals surface area contributed by atoms with Gasteiger partial charge in [0.2, 0.25) is 5.91 Å². The Morgan fingerprint density at radius 1 is 1.25 bits per heavy atom. The normalized spacial score (nSPS) is 13.8. The van der Waals surface area contributed by atoms with Crippen molar-refractivity contribution in [1.29, 1.82) is 0 Å². The van der Waals surface area contributed by atoms with Crippen molar-refractivity contribution in [3.63, 3.8) is 0 Å². The van der Waals surface area contributed by atoms with Crippen LogP contribution >= 0.6 is 11.3 Å². The molecular weight excluding hydrogens is 374 g/mol. The quantitative estimate of drug-likeness (QED) is 0.580. The van der Waals surface area contributed by atoms with Gasteiger partial charge >= 0.3 is 5.69 Å². The van der Waals surface area contributed by atoms with E-state index in [0.717, 1.165) is 40.7 Å². The molecule has 7 nitrogen and oxygen atoms in total. The number of para-hydroxylation sites is 1. The molecule has 142 valence electrons. The van der Waals surface area contributed by atoms with E-state index in [1.54, 1.807) is 11.3 Å². The standard InChI is InChI=1S/C20H19N5O2S/c1-12-6-2-4-8-14(12)22-16(26)10-25-20(27)24-11-21-19-17(18(24)23-25)13-7-3-5-9-15(13)28-19/h2,4,6,8,11H,3,5,7,9-10H2,1H3,(H,22,26). The molecular formula is C20H19N5O2S. The molecule has 1 N–H and O–H groups in total. The van der Waals surface area contributed by atoms with E-state index in [1.807, 2.05) is 31.2 Å². The number of amides is 1. The highest BCUT2D eigenvalue weighted by Crippen LogP contribution is 2.36. The topological polar surface area (TPSA) is 81.3 Å². The summed E-state index contributed by atoms with van der Waals surface area (Å²) in [6.07, 6.45) is 5.91. The first kappa shape index (κ1) is 17.1. The number of thiophene rings is 1. The van der Waals surface area contributed by atoms with Crippen LogP contribution in [0.4, 0.5) is 5.69 Å². The Balaban J connectivity index is 1.53. The first-order valence-electron chi connectivity index (χ1n) is 9.36. The van der Waals surface area contributed by atoms with Gasteiger partial charge in [0, 0.05) is 10.6 Å². The summed E-state index contributed by atoms with van der Waals surface area (Å²) in [6.45, 7) is 1.79. The molecule has 4 aromatic rings. The maximum absolute atomic E-state index is 12.8. The summed E-state index contributed by atoms with van der Waals surface area (Å²) in [6, 6.07) is 7.54. The van der Waals surface area contributed by atoms with Crippen molar-refractivity contribution in [3.8, 4) is 0 Å². The average molecular weight is 393 g/mol. The lowest BCUT2D eigenvalue weighted by Gasteiger charge is -2.09. The predicted octanol–water partition coefficient (Wildman–Crippen LogP) is 2.93. The number of fused-ring (bicyclic) bond motifs is 5. The fourth-order valence-corrected chi connectivity index (χ4v) is 5.04. The van der Waals surface area contributed by atoms with Gasteiger partial charge in [0.15, 0.2) is 5.65 Å². The first-order valence-corrected chi connectivity index (χ1v) is 10.2. The van der Waals surface area contributed by atoms with Crippen LogP contribution in [-0.2, 0) is 24.2 Å². The number of nitrogens with zero attached hydrogens (tertiary/aromatic N) is 4. The van der Waals surface area contributed by atoms with Crippen LogP contribution in [-0.4, -0.2) is 25.1 Å². The number of aromatic nitrogens is 4. The molecule has 1 aliphatic carbocycles. The Morgan fingerprint density at radius 2 is 2.07 bits per heavy atom. The van der Waals surface area contributed by atoms with Crippen LogP contribution in [0.1, 0.15) is 28.8 Å². The maximum atomic E-state index is 12.8. The van der Waals surface area contributed by atoms with Gasteiger partial charge in [0.05, 0.1) is 5.39 Å². The molecule has 0 aliphatic heterocycles. The average Bonchev–Trinajstić information content (AvgIpc) is 3.21. The van der Waals surface area contributed by atoms with Crippen molar-refractivity contribution in [2.75, 3.05) is 5.32 Å². The monoisotopic (exact) mass is 393 g/mol. The molecule has 0 saturated carbocycles. The summed E-state index contributed by atoms with van der Waals surface area (Å²) in [5.41, 5.74) is 3.22. The van der Waals surface area contributed by atoms with E-state index in [4.69, 9.17) is 0 Å². The highest BCUT2D eigenvalue weighted by atomic mass is 32.1. The summed E-state index contributed by atoms with van der Waals surface area (Å²) in [4.78, 5) is 32.0. The summed E-state index contributed by atoms with van der Waals surface area (Å²) in [7, 11) is 0. The van der Waals surface area contributed by atoms with Crippen LogP contribution < -0.4 is 11.0 Å². The number of carbonyl (C=O) groups is 1. The number of anilines is 1. The molecule has 0 bridgehead atoms. The molecule has 1 amide bonds. The second-order valence-electron chi connectivity index (χ2n) is 7.13. The zero-order valence-electron chi connectivity index (χ0n) is 15.4. The third kappa shape index (κ3) is 2.72. The fourth-order valence-electron chi connectivity index (χ4n) is 3.82. The van der Waals surface area contributed by atoms with E-state index in [-0.39, 0.29) is 18.1 Å². The Bertz CT molecular complexity index is 1280. The van der Waals surface area contributed by atoms with Gasteiger partial charge in [-0.25, -0.2) is 18.9 Å². The van der Waals surface area contributed by atoms with Gasteiger partial charge < -0.3 is 5.32 Å². The van der Waals surface area contributed by atoms with Gasteiger partial charge in [0.1, 0.15) is 17.7 Å². The molecule has 0 fully saturated rings. The maximum Gasteiger partial charge on any atom is 0.352 e. The summed E-state index contributed by atoms with van der Waals surface area (Å²) in [5.74, 6) is -0.281. The molecule has 0 unspecified atom stereocenters. The lowest BCUT2D eigenvalue weighted by Crippen LogP contribution is -2.28. The van der Waals surface area contributed by atoms with Gasteiger partial charge in [0.25, 0.3) is 0 Å². The second-order valence-corrected chi connectivity index (χ2v) is 8.22. The summed E-state index contributed by atoms with van der Waals surface area (Å²) >= 11 is 1.69. The lowest BCUT2D eigenvalue weighted by atomic mass is 9.97. The molecule has 5 rings (SSSR count). The Kier molecular flexibility index (Phi) is 4.01. The van der Waals surface area contributed by atoms with Crippen LogP contribution in [0.5, 0.6) is 0 Å². The lowest BCUT2D eigenvalue weighted by molar-refractivity contribution is -0.117. The van der Waals surface area contributed by atoms with Gasteiger partial charge in [-0.2, -0.15) is 0 Å². The van der Waals surface area contributed by atoms with Crippen molar-refractivity contribution >= 4 is 38.8 Å². The highest BCUT2D eigenvalue weighted by Gasteiger charge is 2.22. The molecule has 3 heterocycles. The Hall–Kier alpha value is -3.00. The summed E-state index contributed by atoms with van der Waals surface area (Å²) in [5, 5.41) is 8.32. The van der Waals surface area contributed by atoms with E-state index in [0.29, 0.717) is 5.65 Å². The van der Waals surface area contributed by atoms with Crippen LogP contribution in [0.15, 0.2) is 35.4 Å². The smallest absolute Gasteiger partial charge is 0.324 e. The van der Waals surface area contributed by atoms with Crippen molar-refractivity contribution in [2.45, 2.75) is 39.2 Å². The molecule has 1 aliphatic rings. The molecule has 28 heavy (non-hydrogen) atoms. The van der Waals surface area contributed by atoms with Crippen LogP contribution in [0, 0.1) is 6.92 Å². The third-order valence-corrected chi connectivity index (χ3v) is 6.45. The van der Waals surface area contributed by atoms with Crippen molar-refractivity contribution in [3.05, 3.63) is 57.1 Å². The second kappa shape index (κ2) is 6.56. The van der Waals surface area contributed by atoms with E-state index in [9.17, 15) is 9.59 Å². The summed E-state index contributed by atoms with van der Waals surface area (Å²) < 4.78 is 2.67. The zero-order valence-corrected chi connectivity index (χ0v) is 16.3. The minimum absolute atomic E-state index is 0.136. The van der Waals surface area contributed by atoms with E-state index >= 15 is 0 Å². The van der Waals surface area contributed by atoms with E-state index < -0.39 is 0 Å². The molecule has 0 saturated heterocycles. The Labute approximate surface area is 164 Å². The van der Waals surface area contributed by atoms with E-state index in [2.05, 4.69) is 15.4 Å². The largest absolute Gasteiger partial charge is 0.352 e. The molecule has 0 atom stereocenters. The molecule has 3 aromatic heterocycles. The molecule has 0 spiro atoms. The van der Waals surface area contributed by atoms with Gasteiger partial charge in [-0.3, -0.25) is 4.79 Å². The van der Waals surface area contributed by atoms with Crippen molar-refractivity contribution in [1.82, 2.24) is 19.2 Å². The minimum atomic E-state index is -0.347. The number of nitrogens with one attached hydrogen (secondary N) is 1. The van der Waals surface area contributed by atoms with Crippen LogP contribution in [0.2, 0.25) is 0 Å². The number of aryl methyl sites for hydroxylation is 3.